The number of halogens is 3. The average molecular weight is 486 g/mol. The summed E-state index contributed by atoms with van der Waals surface area (Å²) >= 11 is 6.14. The van der Waals surface area contributed by atoms with Gasteiger partial charge in [-0.05, 0) is 41.0 Å². The molecule has 0 aromatic heterocycles. The van der Waals surface area contributed by atoms with E-state index in [1.54, 1.807) is 17.0 Å². The maximum Gasteiger partial charge on any atom is 0.219 e. The zero-order valence-electron chi connectivity index (χ0n) is 18.8. The van der Waals surface area contributed by atoms with Gasteiger partial charge in [-0.15, -0.1) is 0 Å². The Balaban J connectivity index is 1.68. The van der Waals surface area contributed by atoms with Gasteiger partial charge in [-0.25, -0.2) is 8.78 Å². The molecule has 1 heterocycles. The van der Waals surface area contributed by atoms with Crippen LogP contribution in [0.1, 0.15) is 30.0 Å². The Bertz CT molecular complexity index is 1110. The molecular formula is C27H26ClF2NO3. The zero-order valence-corrected chi connectivity index (χ0v) is 19.6. The van der Waals surface area contributed by atoms with E-state index in [4.69, 9.17) is 21.1 Å². The van der Waals surface area contributed by atoms with Crippen molar-refractivity contribution < 1.29 is 23.0 Å². The highest BCUT2D eigenvalue weighted by Gasteiger charge is 2.47. The summed E-state index contributed by atoms with van der Waals surface area (Å²) in [6.07, 6.45) is -0.0928. The summed E-state index contributed by atoms with van der Waals surface area (Å²) in [6, 6.07) is 20.5. The van der Waals surface area contributed by atoms with Crippen LogP contribution in [0.4, 0.5) is 8.78 Å². The quantitative estimate of drug-likeness (QED) is 0.420. The molecule has 2 atom stereocenters. The minimum absolute atomic E-state index is 0.0326. The molecule has 0 radical (unpaired) electrons. The van der Waals surface area contributed by atoms with Gasteiger partial charge < -0.3 is 14.4 Å². The molecule has 0 bridgehead atoms. The highest BCUT2D eigenvalue weighted by molar-refractivity contribution is 6.30. The van der Waals surface area contributed by atoms with Crippen LogP contribution >= 0.6 is 11.6 Å². The van der Waals surface area contributed by atoms with Crippen LogP contribution in [0.25, 0.3) is 0 Å². The molecule has 1 saturated heterocycles. The van der Waals surface area contributed by atoms with E-state index in [1.165, 1.54) is 19.1 Å². The average Bonchev–Trinajstić information content (AvgIpc) is 2.82. The molecule has 0 spiro atoms. The van der Waals surface area contributed by atoms with Gasteiger partial charge in [-0.2, -0.15) is 0 Å². The van der Waals surface area contributed by atoms with Gasteiger partial charge in [0, 0.05) is 31.0 Å². The number of piperidine rings is 1. The lowest BCUT2D eigenvalue weighted by molar-refractivity contribution is -0.195. The molecule has 1 aliphatic rings. The lowest BCUT2D eigenvalue weighted by atomic mass is 9.81. The number of rotatable bonds is 7. The van der Waals surface area contributed by atoms with Gasteiger partial charge in [0.1, 0.15) is 23.3 Å². The maximum absolute atomic E-state index is 13.7. The first-order valence-electron chi connectivity index (χ1n) is 11.1. The molecular weight excluding hydrogens is 460 g/mol. The summed E-state index contributed by atoms with van der Waals surface area (Å²) in [5, 5.41) is 0.593. The Labute approximate surface area is 203 Å². The van der Waals surface area contributed by atoms with Crippen LogP contribution in [-0.4, -0.2) is 30.0 Å². The first-order valence-corrected chi connectivity index (χ1v) is 11.5. The lowest BCUT2D eigenvalue weighted by Crippen LogP contribution is -2.56. The topological polar surface area (TPSA) is 38.8 Å². The standard InChI is InChI=1S/C27H26ClF2NO3/c1-19(32)31-12-11-27(22-7-9-23(28)10-8-22,34-18-20-5-3-2-4-6-20)26(16-31)33-17-21-13-24(29)15-25(30)14-21/h2-10,13-15,26H,11-12,16-18H2,1H3/t26-,27+/m0/s1. The summed E-state index contributed by atoms with van der Waals surface area (Å²) in [6.45, 7) is 2.58. The van der Waals surface area contributed by atoms with Crippen LogP contribution < -0.4 is 0 Å². The molecule has 3 aromatic carbocycles. The number of benzene rings is 3. The molecule has 178 valence electrons. The first-order chi connectivity index (χ1) is 16.4. The third-order valence-electron chi connectivity index (χ3n) is 6.15. The lowest BCUT2D eigenvalue weighted by Gasteiger charge is -2.47. The summed E-state index contributed by atoms with van der Waals surface area (Å²) in [5.74, 6) is -1.41. The van der Waals surface area contributed by atoms with E-state index in [0.29, 0.717) is 30.2 Å². The number of carbonyl (C=O) groups excluding carboxylic acids is 1. The number of nitrogens with zero attached hydrogens (tertiary/aromatic N) is 1. The van der Waals surface area contributed by atoms with Gasteiger partial charge in [-0.1, -0.05) is 54.1 Å². The summed E-state index contributed by atoms with van der Waals surface area (Å²) < 4.78 is 40.3. The predicted molar refractivity (Wildman–Crippen MR) is 126 cm³/mol. The fourth-order valence-electron chi connectivity index (χ4n) is 4.36. The van der Waals surface area contributed by atoms with Crippen LogP contribution in [0.5, 0.6) is 0 Å². The summed E-state index contributed by atoms with van der Waals surface area (Å²) in [4.78, 5) is 13.9. The second-order valence-electron chi connectivity index (χ2n) is 8.46. The Morgan fingerprint density at radius 1 is 1.00 bits per heavy atom. The van der Waals surface area contributed by atoms with Crippen molar-refractivity contribution in [2.75, 3.05) is 13.1 Å². The van der Waals surface area contributed by atoms with E-state index in [1.807, 2.05) is 42.5 Å². The molecule has 34 heavy (non-hydrogen) atoms. The molecule has 0 N–H and O–H groups in total. The van der Waals surface area contributed by atoms with Crippen LogP contribution in [0.15, 0.2) is 72.8 Å². The Morgan fingerprint density at radius 3 is 2.32 bits per heavy atom. The van der Waals surface area contributed by atoms with Crippen molar-refractivity contribution in [3.63, 3.8) is 0 Å². The van der Waals surface area contributed by atoms with E-state index in [0.717, 1.165) is 17.2 Å². The van der Waals surface area contributed by atoms with Gasteiger partial charge in [0.2, 0.25) is 5.91 Å². The van der Waals surface area contributed by atoms with Crippen molar-refractivity contribution in [3.05, 3.63) is 106 Å². The number of likely N-dealkylation sites (tertiary alicyclic amines) is 1. The molecule has 7 heteroatoms. The fourth-order valence-corrected chi connectivity index (χ4v) is 4.49. The van der Waals surface area contributed by atoms with E-state index < -0.39 is 23.3 Å². The SMILES string of the molecule is CC(=O)N1CC[C@@](OCc2ccccc2)(c2ccc(Cl)cc2)[C@@H](OCc2cc(F)cc(F)c2)C1. The Morgan fingerprint density at radius 2 is 1.68 bits per heavy atom. The molecule has 4 nitrogen and oxygen atoms in total. The largest absolute Gasteiger partial charge is 0.368 e. The Kier molecular flexibility index (Phi) is 7.61. The second-order valence-corrected chi connectivity index (χ2v) is 8.90. The van der Waals surface area contributed by atoms with Crippen LogP contribution in [-0.2, 0) is 33.1 Å². The van der Waals surface area contributed by atoms with Crippen LogP contribution in [0.3, 0.4) is 0 Å². The normalized spacial score (nSPS) is 20.4. The molecule has 0 saturated carbocycles. The maximum atomic E-state index is 13.7. The van der Waals surface area contributed by atoms with Crippen LogP contribution in [0.2, 0.25) is 5.02 Å². The number of amides is 1. The fraction of sp³-hybridized carbons (Fsp3) is 0.296. The van der Waals surface area contributed by atoms with E-state index in [2.05, 4.69) is 0 Å². The number of hydrogen-bond donors (Lipinski definition) is 0. The van der Waals surface area contributed by atoms with Crippen LogP contribution in [0, 0.1) is 11.6 Å². The second kappa shape index (κ2) is 10.6. The van der Waals surface area contributed by atoms with E-state index >= 15 is 0 Å². The van der Waals surface area contributed by atoms with Gasteiger partial charge in [0.25, 0.3) is 0 Å². The van der Waals surface area contributed by atoms with Gasteiger partial charge in [-0.3, -0.25) is 4.79 Å². The van der Waals surface area contributed by atoms with Gasteiger partial charge in [0.05, 0.1) is 19.8 Å². The minimum atomic E-state index is -0.891. The third-order valence-corrected chi connectivity index (χ3v) is 6.40. The van der Waals surface area contributed by atoms with Gasteiger partial charge in [0.15, 0.2) is 0 Å². The molecule has 0 unspecified atom stereocenters. The number of carbonyl (C=O) groups is 1. The molecule has 1 aliphatic heterocycles. The highest BCUT2D eigenvalue weighted by atomic mass is 35.5. The molecule has 0 aliphatic carbocycles. The molecule has 1 fully saturated rings. The summed E-state index contributed by atoms with van der Waals surface area (Å²) in [7, 11) is 0. The first kappa shape index (κ1) is 24.3. The van der Waals surface area contributed by atoms with Crippen molar-refractivity contribution in [2.45, 2.75) is 38.3 Å². The van der Waals surface area contributed by atoms with Crippen molar-refractivity contribution in [1.29, 1.82) is 0 Å². The minimum Gasteiger partial charge on any atom is -0.368 e. The van der Waals surface area contributed by atoms with Crippen molar-refractivity contribution in [2.24, 2.45) is 0 Å². The predicted octanol–water partition coefficient (Wildman–Crippen LogP) is 5.87. The zero-order chi connectivity index (χ0) is 24.1. The molecule has 1 amide bonds. The number of ether oxygens (including phenoxy) is 2. The molecule has 3 aromatic rings. The van der Waals surface area contributed by atoms with E-state index in [9.17, 15) is 13.6 Å². The van der Waals surface area contributed by atoms with Crippen molar-refractivity contribution in [3.8, 4) is 0 Å². The number of hydrogen-bond acceptors (Lipinski definition) is 3. The van der Waals surface area contributed by atoms with E-state index in [-0.39, 0.29) is 19.1 Å². The smallest absolute Gasteiger partial charge is 0.219 e. The highest BCUT2D eigenvalue weighted by Crippen LogP contribution is 2.40. The molecule has 4 rings (SSSR count). The Hall–Kier alpha value is -2.80. The van der Waals surface area contributed by atoms with Crippen molar-refractivity contribution in [1.82, 2.24) is 4.90 Å². The van der Waals surface area contributed by atoms with Gasteiger partial charge >= 0.3 is 0 Å². The summed E-state index contributed by atoms with van der Waals surface area (Å²) in [5.41, 5.74) is 1.34. The third kappa shape index (κ3) is 5.63. The van der Waals surface area contributed by atoms with Crippen molar-refractivity contribution >= 4 is 17.5 Å². The monoisotopic (exact) mass is 485 g/mol.